The van der Waals surface area contributed by atoms with Crippen LogP contribution in [0.5, 0.6) is 0 Å². The van der Waals surface area contributed by atoms with Gasteiger partial charge in [0, 0.05) is 4.90 Å². The topological polar surface area (TPSA) is 37.3 Å². The highest BCUT2D eigenvalue weighted by molar-refractivity contribution is 7.98. The lowest BCUT2D eigenvalue weighted by Gasteiger charge is -2.05. The number of carboxylic acids is 1. The Labute approximate surface area is 173 Å². The molecular weight excluding hydrogens is 383 g/mol. The van der Waals surface area contributed by atoms with Gasteiger partial charge in [0.1, 0.15) is 5.82 Å². The van der Waals surface area contributed by atoms with E-state index in [0.29, 0.717) is 11.1 Å². The molecule has 4 heteroatoms. The Bertz CT molecular complexity index is 1130. The molecule has 0 unspecified atom stereocenters. The van der Waals surface area contributed by atoms with Crippen molar-refractivity contribution in [3.63, 3.8) is 0 Å². The molecular formula is C25H19FO2S. The Morgan fingerprint density at radius 1 is 0.966 bits per heavy atom. The van der Waals surface area contributed by atoms with E-state index in [2.05, 4.69) is 42.7 Å². The van der Waals surface area contributed by atoms with E-state index in [0.717, 1.165) is 27.8 Å². The molecule has 0 aromatic heterocycles. The van der Waals surface area contributed by atoms with Crippen LogP contribution in [0.25, 0.3) is 28.3 Å². The highest BCUT2D eigenvalue weighted by Gasteiger charge is 2.20. The summed E-state index contributed by atoms with van der Waals surface area (Å²) in [5.41, 5.74) is 6.34. The number of benzene rings is 3. The summed E-state index contributed by atoms with van der Waals surface area (Å²) in [7, 11) is 0. The number of fused-ring (bicyclic) bond motifs is 1. The molecule has 1 aliphatic rings. The van der Waals surface area contributed by atoms with Crippen molar-refractivity contribution in [2.75, 3.05) is 6.26 Å². The lowest BCUT2D eigenvalue weighted by atomic mass is 10.00. The molecule has 0 saturated heterocycles. The Morgan fingerprint density at radius 2 is 1.62 bits per heavy atom. The van der Waals surface area contributed by atoms with Crippen LogP contribution in [0.15, 0.2) is 77.7 Å². The largest absolute Gasteiger partial charge is 0.481 e. The number of carboxylic acid groups (broad SMARTS) is 1. The van der Waals surface area contributed by atoms with Gasteiger partial charge in [0.25, 0.3) is 0 Å². The first kappa shape index (κ1) is 19.2. The lowest BCUT2D eigenvalue weighted by molar-refractivity contribution is -0.135. The Morgan fingerprint density at radius 3 is 2.24 bits per heavy atom. The quantitative estimate of drug-likeness (QED) is 0.487. The monoisotopic (exact) mass is 402 g/mol. The van der Waals surface area contributed by atoms with Crippen LogP contribution < -0.4 is 0 Å². The Kier molecular flexibility index (Phi) is 5.36. The second-order valence-electron chi connectivity index (χ2n) is 6.88. The van der Waals surface area contributed by atoms with Crippen molar-refractivity contribution in [1.29, 1.82) is 0 Å². The van der Waals surface area contributed by atoms with Gasteiger partial charge in [-0.1, -0.05) is 42.5 Å². The summed E-state index contributed by atoms with van der Waals surface area (Å²) in [5, 5.41) is 9.16. The standard InChI is InChI=1S/C25H19FO2S/c1-29-22-9-6-18(7-10-22)17-4-2-16(3-5-17)12-19-13-20(14-25(27)28)24-15-21(26)8-11-23(19)24/h2-13,15H,14H2,1H3,(H,27,28)/b19-12+. The Balaban J connectivity index is 1.65. The molecule has 1 N–H and O–H groups in total. The summed E-state index contributed by atoms with van der Waals surface area (Å²) in [6.45, 7) is 0. The maximum atomic E-state index is 13.7. The second-order valence-corrected chi connectivity index (χ2v) is 7.76. The fourth-order valence-electron chi connectivity index (χ4n) is 3.54. The summed E-state index contributed by atoms with van der Waals surface area (Å²) in [6.07, 6.45) is 5.78. The van der Waals surface area contributed by atoms with Crippen molar-refractivity contribution in [3.05, 3.63) is 95.3 Å². The van der Waals surface area contributed by atoms with Gasteiger partial charge >= 0.3 is 5.97 Å². The van der Waals surface area contributed by atoms with Gasteiger partial charge in [-0.05, 0) is 81.6 Å². The number of hydrogen-bond donors (Lipinski definition) is 1. The highest BCUT2D eigenvalue weighted by atomic mass is 32.2. The minimum atomic E-state index is -0.926. The first-order valence-electron chi connectivity index (χ1n) is 9.22. The molecule has 144 valence electrons. The van der Waals surface area contributed by atoms with E-state index in [4.69, 9.17) is 5.11 Å². The van der Waals surface area contributed by atoms with Gasteiger partial charge in [-0.3, -0.25) is 4.79 Å². The van der Waals surface area contributed by atoms with E-state index in [-0.39, 0.29) is 12.2 Å². The molecule has 0 atom stereocenters. The van der Waals surface area contributed by atoms with Gasteiger partial charge in [0.2, 0.25) is 0 Å². The second kappa shape index (κ2) is 8.10. The smallest absolute Gasteiger partial charge is 0.307 e. The highest BCUT2D eigenvalue weighted by Crippen LogP contribution is 2.38. The maximum Gasteiger partial charge on any atom is 0.307 e. The first-order valence-corrected chi connectivity index (χ1v) is 10.4. The molecule has 0 amide bonds. The van der Waals surface area contributed by atoms with E-state index < -0.39 is 5.97 Å². The molecule has 3 aromatic carbocycles. The first-order chi connectivity index (χ1) is 14.0. The van der Waals surface area contributed by atoms with Crippen molar-refractivity contribution in [2.24, 2.45) is 0 Å². The average molecular weight is 402 g/mol. The van der Waals surface area contributed by atoms with Gasteiger partial charge in [0.05, 0.1) is 6.42 Å². The van der Waals surface area contributed by atoms with Crippen LogP contribution >= 0.6 is 11.8 Å². The van der Waals surface area contributed by atoms with Gasteiger partial charge in [-0.15, -0.1) is 11.8 Å². The third-order valence-electron chi connectivity index (χ3n) is 4.97. The van der Waals surface area contributed by atoms with Crippen LogP contribution in [-0.4, -0.2) is 17.3 Å². The molecule has 4 rings (SSSR count). The van der Waals surface area contributed by atoms with Crippen molar-refractivity contribution in [3.8, 4) is 11.1 Å². The van der Waals surface area contributed by atoms with Crippen molar-refractivity contribution in [1.82, 2.24) is 0 Å². The lowest BCUT2D eigenvalue weighted by Crippen LogP contribution is -1.96. The van der Waals surface area contributed by atoms with Gasteiger partial charge in [0.15, 0.2) is 0 Å². The van der Waals surface area contributed by atoms with Crippen molar-refractivity contribution in [2.45, 2.75) is 11.3 Å². The predicted octanol–water partition coefficient (Wildman–Crippen LogP) is 6.63. The normalized spacial score (nSPS) is 14.0. The molecule has 0 radical (unpaired) electrons. The van der Waals surface area contributed by atoms with E-state index >= 15 is 0 Å². The average Bonchev–Trinajstić information content (AvgIpc) is 3.04. The zero-order valence-corrected chi connectivity index (χ0v) is 16.7. The zero-order valence-electron chi connectivity index (χ0n) is 15.9. The summed E-state index contributed by atoms with van der Waals surface area (Å²) < 4.78 is 13.7. The fraction of sp³-hybridized carbons (Fsp3) is 0.0800. The minimum Gasteiger partial charge on any atom is -0.481 e. The fourth-order valence-corrected chi connectivity index (χ4v) is 3.95. The van der Waals surface area contributed by atoms with E-state index in [1.165, 1.54) is 17.0 Å². The minimum absolute atomic E-state index is 0.126. The molecule has 0 saturated carbocycles. The third-order valence-corrected chi connectivity index (χ3v) is 5.71. The van der Waals surface area contributed by atoms with Crippen LogP contribution in [0.3, 0.4) is 0 Å². The van der Waals surface area contributed by atoms with Gasteiger partial charge in [-0.25, -0.2) is 4.39 Å². The van der Waals surface area contributed by atoms with Crippen LogP contribution in [-0.2, 0) is 4.79 Å². The molecule has 29 heavy (non-hydrogen) atoms. The van der Waals surface area contributed by atoms with Crippen molar-refractivity contribution < 1.29 is 14.3 Å². The summed E-state index contributed by atoms with van der Waals surface area (Å²) in [5.74, 6) is -1.29. The van der Waals surface area contributed by atoms with E-state index in [9.17, 15) is 9.18 Å². The summed E-state index contributed by atoms with van der Waals surface area (Å²) in [6, 6.07) is 21.2. The Hall–Kier alpha value is -3.11. The predicted molar refractivity (Wildman–Crippen MR) is 118 cm³/mol. The van der Waals surface area contributed by atoms with Crippen LogP contribution in [0.2, 0.25) is 0 Å². The molecule has 1 aliphatic carbocycles. The SMILES string of the molecule is CSc1ccc(-c2ccc(/C=C3\C=C(CC(=O)O)c4cc(F)ccc43)cc2)cc1. The summed E-state index contributed by atoms with van der Waals surface area (Å²) in [4.78, 5) is 12.4. The van der Waals surface area contributed by atoms with E-state index in [1.807, 2.05) is 24.3 Å². The van der Waals surface area contributed by atoms with E-state index in [1.54, 1.807) is 17.8 Å². The molecule has 0 aliphatic heterocycles. The maximum absolute atomic E-state index is 13.7. The molecule has 0 spiro atoms. The number of aliphatic carboxylic acids is 1. The number of carbonyl (C=O) groups is 1. The summed E-state index contributed by atoms with van der Waals surface area (Å²) >= 11 is 1.72. The van der Waals surface area contributed by atoms with Crippen LogP contribution in [0, 0.1) is 5.82 Å². The number of hydrogen-bond acceptors (Lipinski definition) is 2. The number of allylic oxidation sites excluding steroid dienone is 2. The molecule has 3 aromatic rings. The number of thioether (sulfide) groups is 1. The van der Waals surface area contributed by atoms with Crippen LogP contribution in [0.1, 0.15) is 23.1 Å². The third kappa shape index (κ3) is 4.17. The van der Waals surface area contributed by atoms with Crippen molar-refractivity contribution >= 4 is 35.0 Å². The zero-order chi connectivity index (χ0) is 20.4. The number of rotatable bonds is 5. The molecule has 0 bridgehead atoms. The van der Waals surface area contributed by atoms with Gasteiger partial charge in [-0.2, -0.15) is 0 Å². The number of halogens is 1. The molecule has 2 nitrogen and oxygen atoms in total. The molecule has 0 fully saturated rings. The van der Waals surface area contributed by atoms with Crippen LogP contribution in [0.4, 0.5) is 4.39 Å². The van der Waals surface area contributed by atoms with Gasteiger partial charge < -0.3 is 5.11 Å². The molecule has 0 heterocycles.